The van der Waals surface area contributed by atoms with Gasteiger partial charge in [-0.2, -0.15) is 5.10 Å². The third kappa shape index (κ3) is 6.45. The molecule has 0 atom stereocenters. The molecule has 0 aliphatic carbocycles. The van der Waals surface area contributed by atoms with Crippen LogP contribution in [0.25, 0.3) is 0 Å². The molecule has 0 spiro atoms. The van der Waals surface area contributed by atoms with Crippen molar-refractivity contribution in [1.82, 2.24) is 5.43 Å². The molecule has 2 N–H and O–H groups in total. The van der Waals surface area contributed by atoms with Crippen molar-refractivity contribution in [2.24, 2.45) is 5.10 Å². The summed E-state index contributed by atoms with van der Waals surface area (Å²) >= 11 is 0. The minimum atomic E-state index is -0.180. The topological polar surface area (TPSA) is 61.7 Å². The lowest BCUT2D eigenvalue weighted by Crippen LogP contribution is -2.20. The number of phenols is 1. The fourth-order valence-electron chi connectivity index (χ4n) is 3.13. The van der Waals surface area contributed by atoms with Crippen molar-refractivity contribution in [1.29, 1.82) is 0 Å². The summed E-state index contributed by atoms with van der Waals surface area (Å²) in [6.07, 6.45) is 2.58. The van der Waals surface area contributed by atoms with Gasteiger partial charge in [0.05, 0.1) is 6.21 Å². The molecule has 0 unspecified atom stereocenters. The van der Waals surface area contributed by atoms with Crippen molar-refractivity contribution in [3.05, 3.63) is 64.2 Å². The molecular weight excluding hydrogens is 360 g/mol. The number of nitrogens with zero attached hydrogens (tertiary/aromatic N) is 1. The number of hydrogen-bond acceptors (Lipinski definition) is 3. The molecule has 0 fully saturated rings. The first kappa shape index (κ1) is 22.7. The van der Waals surface area contributed by atoms with Gasteiger partial charge in [-0.25, -0.2) is 5.43 Å². The maximum absolute atomic E-state index is 12.2. The van der Waals surface area contributed by atoms with Crippen LogP contribution >= 0.6 is 0 Å². The molecular formula is C25H34N2O2. The number of aryl methyl sites for hydroxylation is 2. The molecule has 1 amide bonds. The Hall–Kier alpha value is -2.62. The smallest absolute Gasteiger partial charge is 0.240 e. The third-order valence-corrected chi connectivity index (χ3v) is 4.91. The van der Waals surface area contributed by atoms with E-state index in [9.17, 15) is 9.90 Å². The fraction of sp³-hybridized carbons (Fsp3) is 0.440. The Morgan fingerprint density at radius 2 is 1.52 bits per heavy atom. The summed E-state index contributed by atoms with van der Waals surface area (Å²) in [4.78, 5) is 12.2. The molecule has 0 saturated heterocycles. The molecule has 0 heterocycles. The predicted molar refractivity (Wildman–Crippen MR) is 121 cm³/mol. The predicted octanol–water partition coefficient (Wildman–Crippen LogP) is 5.38. The van der Waals surface area contributed by atoms with Crippen molar-refractivity contribution in [2.75, 3.05) is 0 Å². The van der Waals surface area contributed by atoms with Gasteiger partial charge in [0.25, 0.3) is 0 Å². The second kappa shape index (κ2) is 8.81. The molecule has 29 heavy (non-hydrogen) atoms. The lowest BCUT2D eigenvalue weighted by atomic mass is 9.78. The number of hydrogen-bond donors (Lipinski definition) is 2. The van der Waals surface area contributed by atoms with Gasteiger partial charge >= 0.3 is 0 Å². The van der Waals surface area contributed by atoms with Crippen LogP contribution in [0.4, 0.5) is 0 Å². The van der Waals surface area contributed by atoms with E-state index in [0.717, 1.165) is 22.3 Å². The lowest BCUT2D eigenvalue weighted by Gasteiger charge is -2.28. The standard InChI is InChI=1S/C25H34N2O2/c1-17-8-10-18(11-9-17)16-26-27-22(28)13-12-19-14-20(24(2,3)4)23(29)21(15-19)25(5,6)7/h8-11,14-16,29H,12-13H2,1-7H3,(H,27,28)/b26-16-. The number of benzene rings is 2. The highest BCUT2D eigenvalue weighted by atomic mass is 16.3. The average molecular weight is 395 g/mol. The number of amides is 1. The summed E-state index contributed by atoms with van der Waals surface area (Å²) in [6.45, 7) is 14.6. The summed E-state index contributed by atoms with van der Waals surface area (Å²) in [7, 11) is 0. The zero-order valence-corrected chi connectivity index (χ0v) is 18.8. The summed E-state index contributed by atoms with van der Waals surface area (Å²) in [5.74, 6) is 0.233. The van der Waals surface area contributed by atoms with Crippen LogP contribution in [0.5, 0.6) is 5.75 Å². The Balaban J connectivity index is 2.09. The number of carbonyl (C=O) groups excluding carboxylic acids is 1. The van der Waals surface area contributed by atoms with Gasteiger partial charge in [0.2, 0.25) is 5.91 Å². The molecule has 4 heteroatoms. The Labute approximate surface area is 175 Å². The summed E-state index contributed by atoms with van der Waals surface area (Å²) in [5.41, 5.74) is 7.25. The zero-order chi connectivity index (χ0) is 21.8. The molecule has 0 radical (unpaired) electrons. The summed E-state index contributed by atoms with van der Waals surface area (Å²) < 4.78 is 0. The summed E-state index contributed by atoms with van der Waals surface area (Å²) in [6, 6.07) is 12.0. The van der Waals surface area contributed by atoms with Crippen molar-refractivity contribution in [3.63, 3.8) is 0 Å². The molecule has 2 rings (SSSR count). The second-order valence-corrected chi connectivity index (χ2v) is 9.74. The first-order valence-electron chi connectivity index (χ1n) is 10.1. The first-order valence-corrected chi connectivity index (χ1v) is 10.1. The molecule has 4 nitrogen and oxygen atoms in total. The SMILES string of the molecule is Cc1ccc(/C=N\NC(=O)CCc2cc(C(C)(C)C)c(O)c(C(C)(C)C)c2)cc1. The van der Waals surface area contributed by atoms with Crippen LogP contribution in [0.1, 0.15) is 75.8 Å². The van der Waals surface area contributed by atoms with E-state index in [4.69, 9.17) is 0 Å². The van der Waals surface area contributed by atoms with E-state index in [1.165, 1.54) is 5.56 Å². The highest BCUT2D eigenvalue weighted by molar-refractivity contribution is 5.82. The molecule has 0 saturated carbocycles. The van der Waals surface area contributed by atoms with Gasteiger partial charge in [0.15, 0.2) is 0 Å². The molecule has 156 valence electrons. The van der Waals surface area contributed by atoms with Crippen LogP contribution in [0.2, 0.25) is 0 Å². The van der Waals surface area contributed by atoms with Crippen molar-refractivity contribution in [3.8, 4) is 5.75 Å². The number of nitrogens with one attached hydrogen (secondary N) is 1. The quantitative estimate of drug-likeness (QED) is 0.528. The van der Waals surface area contributed by atoms with Gasteiger partial charge in [-0.1, -0.05) is 83.5 Å². The molecule has 0 bridgehead atoms. The maximum Gasteiger partial charge on any atom is 0.240 e. The Kier molecular flexibility index (Phi) is 6.89. The van der Waals surface area contributed by atoms with E-state index in [2.05, 4.69) is 52.1 Å². The Morgan fingerprint density at radius 1 is 1.00 bits per heavy atom. The van der Waals surface area contributed by atoms with Crippen LogP contribution in [0.3, 0.4) is 0 Å². The largest absolute Gasteiger partial charge is 0.507 e. The summed E-state index contributed by atoms with van der Waals surface area (Å²) in [5, 5.41) is 14.9. The maximum atomic E-state index is 12.2. The first-order chi connectivity index (χ1) is 13.4. The van der Waals surface area contributed by atoms with Gasteiger partial charge in [-0.05, 0) is 46.4 Å². The number of hydrazone groups is 1. The van der Waals surface area contributed by atoms with Crippen molar-refractivity contribution >= 4 is 12.1 Å². The highest BCUT2D eigenvalue weighted by Crippen LogP contribution is 2.39. The van der Waals surface area contributed by atoms with Gasteiger partial charge in [-0.3, -0.25) is 4.79 Å². The lowest BCUT2D eigenvalue weighted by molar-refractivity contribution is -0.121. The van der Waals surface area contributed by atoms with E-state index in [0.29, 0.717) is 18.6 Å². The van der Waals surface area contributed by atoms with E-state index < -0.39 is 0 Å². The highest BCUT2D eigenvalue weighted by Gasteiger charge is 2.26. The van der Waals surface area contributed by atoms with Gasteiger partial charge in [0, 0.05) is 6.42 Å². The Bertz CT molecular complexity index is 848. The van der Waals surface area contributed by atoms with E-state index in [-0.39, 0.29) is 16.7 Å². The van der Waals surface area contributed by atoms with Crippen molar-refractivity contribution < 1.29 is 9.90 Å². The zero-order valence-electron chi connectivity index (χ0n) is 18.8. The molecule has 0 aliphatic heterocycles. The minimum Gasteiger partial charge on any atom is -0.507 e. The molecule has 2 aromatic carbocycles. The minimum absolute atomic E-state index is 0.129. The van der Waals surface area contributed by atoms with Crippen LogP contribution in [0, 0.1) is 6.92 Å². The average Bonchev–Trinajstić information content (AvgIpc) is 2.60. The second-order valence-electron chi connectivity index (χ2n) is 9.74. The number of rotatable bonds is 5. The normalized spacial score (nSPS) is 12.4. The van der Waals surface area contributed by atoms with E-state index >= 15 is 0 Å². The van der Waals surface area contributed by atoms with Gasteiger partial charge in [-0.15, -0.1) is 0 Å². The third-order valence-electron chi connectivity index (χ3n) is 4.91. The van der Waals surface area contributed by atoms with E-state index in [1.54, 1.807) is 6.21 Å². The van der Waals surface area contributed by atoms with Crippen LogP contribution < -0.4 is 5.43 Å². The fourth-order valence-corrected chi connectivity index (χ4v) is 3.13. The van der Waals surface area contributed by atoms with E-state index in [1.807, 2.05) is 43.3 Å². The van der Waals surface area contributed by atoms with Gasteiger partial charge in [0.1, 0.15) is 5.75 Å². The van der Waals surface area contributed by atoms with Crippen molar-refractivity contribution in [2.45, 2.75) is 72.1 Å². The van der Waals surface area contributed by atoms with Gasteiger partial charge < -0.3 is 5.11 Å². The molecule has 0 aromatic heterocycles. The molecule has 0 aliphatic rings. The number of aromatic hydroxyl groups is 1. The molecule has 2 aromatic rings. The Morgan fingerprint density at radius 3 is 2.00 bits per heavy atom. The number of phenolic OH excluding ortho intramolecular Hbond substituents is 1. The number of carbonyl (C=O) groups is 1. The van der Waals surface area contributed by atoms with Crippen LogP contribution in [0.15, 0.2) is 41.5 Å². The monoisotopic (exact) mass is 394 g/mol. The van der Waals surface area contributed by atoms with Crippen LogP contribution in [-0.2, 0) is 22.0 Å². The van der Waals surface area contributed by atoms with Crippen LogP contribution in [-0.4, -0.2) is 17.2 Å².